The Balaban J connectivity index is 1.62. The average molecular weight is 408 g/mol. The maximum atomic E-state index is 11.7. The van der Waals surface area contributed by atoms with Crippen LogP contribution in [-0.2, 0) is 10.0 Å². The molecule has 2 heterocycles. The van der Waals surface area contributed by atoms with Gasteiger partial charge in [-0.05, 0) is 54.3 Å². The predicted octanol–water partition coefficient (Wildman–Crippen LogP) is 3.43. The zero-order valence-corrected chi connectivity index (χ0v) is 16.7. The standard InChI is InChI=1S/C20H20N6O2S/c1-13-3-5-15(11-18(13)29(21,27)28)24-20-23-10-8-19(25-20)26(2)16-6-4-14-7-9-22-17(14)12-16/h3-12,22H,1-2H3,(H2,21,27,28)(H,23,24,25). The molecule has 4 N–H and O–H groups in total. The number of nitrogens with two attached hydrogens (primary N) is 1. The molecule has 4 aromatic rings. The Morgan fingerprint density at radius 2 is 1.93 bits per heavy atom. The summed E-state index contributed by atoms with van der Waals surface area (Å²) in [5.74, 6) is 1.03. The Labute approximate surface area is 168 Å². The molecular formula is C20H20N6O2S. The zero-order valence-electron chi connectivity index (χ0n) is 15.9. The van der Waals surface area contributed by atoms with E-state index >= 15 is 0 Å². The summed E-state index contributed by atoms with van der Waals surface area (Å²) in [6.45, 7) is 1.69. The van der Waals surface area contributed by atoms with E-state index in [1.54, 1.807) is 31.3 Å². The van der Waals surface area contributed by atoms with E-state index < -0.39 is 10.0 Å². The number of nitrogens with one attached hydrogen (secondary N) is 2. The van der Waals surface area contributed by atoms with Crippen LogP contribution in [0.4, 0.5) is 23.1 Å². The number of sulfonamides is 1. The molecule has 0 unspecified atom stereocenters. The molecule has 0 fully saturated rings. The van der Waals surface area contributed by atoms with Crippen LogP contribution in [0.2, 0.25) is 0 Å². The second-order valence-corrected chi connectivity index (χ2v) is 8.23. The van der Waals surface area contributed by atoms with Crippen LogP contribution in [0, 0.1) is 6.92 Å². The van der Waals surface area contributed by atoms with Crippen LogP contribution >= 0.6 is 0 Å². The minimum atomic E-state index is -3.81. The monoisotopic (exact) mass is 408 g/mol. The lowest BCUT2D eigenvalue weighted by molar-refractivity contribution is 0.597. The van der Waals surface area contributed by atoms with Gasteiger partial charge in [-0.1, -0.05) is 12.1 Å². The lowest BCUT2D eigenvalue weighted by atomic mass is 10.2. The van der Waals surface area contributed by atoms with Gasteiger partial charge >= 0.3 is 0 Å². The van der Waals surface area contributed by atoms with E-state index in [4.69, 9.17) is 5.14 Å². The van der Waals surface area contributed by atoms with Gasteiger partial charge in [0.1, 0.15) is 5.82 Å². The van der Waals surface area contributed by atoms with Crippen molar-refractivity contribution in [3.8, 4) is 0 Å². The third-order valence-electron chi connectivity index (χ3n) is 4.66. The number of H-pyrrole nitrogens is 1. The number of aromatic amines is 1. The number of anilines is 4. The molecule has 0 bridgehead atoms. The van der Waals surface area contributed by atoms with Crippen molar-refractivity contribution in [3.05, 3.63) is 66.5 Å². The summed E-state index contributed by atoms with van der Waals surface area (Å²) in [4.78, 5) is 14.0. The first-order valence-corrected chi connectivity index (χ1v) is 10.4. The molecule has 29 heavy (non-hydrogen) atoms. The van der Waals surface area contributed by atoms with Gasteiger partial charge in [0, 0.05) is 36.3 Å². The van der Waals surface area contributed by atoms with Gasteiger partial charge in [0.05, 0.1) is 4.90 Å². The maximum Gasteiger partial charge on any atom is 0.238 e. The molecule has 8 nitrogen and oxygen atoms in total. The van der Waals surface area contributed by atoms with Crippen LogP contribution in [0.5, 0.6) is 0 Å². The van der Waals surface area contributed by atoms with E-state index in [9.17, 15) is 8.42 Å². The SMILES string of the molecule is Cc1ccc(Nc2nccc(N(C)c3ccc4cc[nH]c4c3)n2)cc1S(N)(=O)=O. The second-order valence-electron chi connectivity index (χ2n) is 6.70. The average Bonchev–Trinajstić information content (AvgIpc) is 3.16. The summed E-state index contributed by atoms with van der Waals surface area (Å²) in [5, 5.41) is 9.46. The molecule has 148 valence electrons. The maximum absolute atomic E-state index is 11.7. The third-order valence-corrected chi connectivity index (χ3v) is 5.71. The predicted molar refractivity (Wildman–Crippen MR) is 114 cm³/mol. The lowest BCUT2D eigenvalue weighted by Crippen LogP contribution is -2.14. The van der Waals surface area contributed by atoms with Crippen molar-refractivity contribution in [2.75, 3.05) is 17.3 Å². The van der Waals surface area contributed by atoms with Crippen molar-refractivity contribution in [1.82, 2.24) is 15.0 Å². The summed E-state index contributed by atoms with van der Waals surface area (Å²) in [5.41, 5.74) is 3.12. The molecule has 2 aromatic heterocycles. The van der Waals surface area contributed by atoms with Gasteiger partial charge in [-0.25, -0.2) is 18.5 Å². The van der Waals surface area contributed by atoms with Gasteiger partial charge in [-0.15, -0.1) is 0 Å². The van der Waals surface area contributed by atoms with Gasteiger partial charge in [0.2, 0.25) is 16.0 Å². The highest BCUT2D eigenvalue weighted by Crippen LogP contribution is 2.27. The number of nitrogens with zero attached hydrogens (tertiary/aromatic N) is 3. The molecule has 0 atom stereocenters. The minimum Gasteiger partial charge on any atom is -0.361 e. The number of benzene rings is 2. The van der Waals surface area contributed by atoms with Crippen LogP contribution in [-0.4, -0.2) is 30.4 Å². The lowest BCUT2D eigenvalue weighted by Gasteiger charge is -2.19. The first kappa shape index (κ1) is 18.9. The van der Waals surface area contributed by atoms with Crippen LogP contribution in [0.3, 0.4) is 0 Å². The van der Waals surface area contributed by atoms with E-state index in [1.165, 1.54) is 6.07 Å². The van der Waals surface area contributed by atoms with E-state index in [1.807, 2.05) is 42.4 Å². The van der Waals surface area contributed by atoms with E-state index in [2.05, 4.69) is 20.3 Å². The number of hydrogen-bond acceptors (Lipinski definition) is 6. The fourth-order valence-corrected chi connectivity index (χ4v) is 3.89. The Morgan fingerprint density at radius 3 is 2.72 bits per heavy atom. The quantitative estimate of drug-likeness (QED) is 0.466. The number of hydrogen-bond donors (Lipinski definition) is 3. The van der Waals surface area contributed by atoms with Crippen molar-refractivity contribution < 1.29 is 8.42 Å². The molecule has 0 saturated heterocycles. The number of aromatic nitrogens is 3. The first-order valence-electron chi connectivity index (χ1n) is 8.86. The molecule has 9 heteroatoms. The highest BCUT2D eigenvalue weighted by molar-refractivity contribution is 7.89. The third kappa shape index (κ3) is 3.91. The molecule has 4 rings (SSSR count). The van der Waals surface area contributed by atoms with Gasteiger partial charge in [-0.3, -0.25) is 0 Å². The highest BCUT2D eigenvalue weighted by Gasteiger charge is 2.13. The van der Waals surface area contributed by atoms with E-state index in [0.29, 0.717) is 23.0 Å². The smallest absolute Gasteiger partial charge is 0.238 e. The summed E-state index contributed by atoms with van der Waals surface area (Å²) in [7, 11) is -1.89. The summed E-state index contributed by atoms with van der Waals surface area (Å²) in [6, 6.07) is 14.8. The van der Waals surface area contributed by atoms with Crippen LogP contribution in [0.1, 0.15) is 5.56 Å². The van der Waals surface area contributed by atoms with Crippen LogP contribution < -0.4 is 15.4 Å². The highest BCUT2D eigenvalue weighted by atomic mass is 32.2. The Kier molecular flexibility index (Phi) is 4.69. The van der Waals surface area contributed by atoms with Crippen LogP contribution in [0.15, 0.2) is 65.8 Å². The van der Waals surface area contributed by atoms with Gasteiger partial charge in [0.25, 0.3) is 0 Å². The van der Waals surface area contributed by atoms with E-state index in [-0.39, 0.29) is 4.90 Å². The summed E-state index contributed by atoms with van der Waals surface area (Å²) < 4.78 is 23.5. The summed E-state index contributed by atoms with van der Waals surface area (Å²) in [6.07, 6.45) is 3.54. The number of primary sulfonamides is 1. The summed E-state index contributed by atoms with van der Waals surface area (Å²) >= 11 is 0. The molecule has 0 spiro atoms. The van der Waals surface area contributed by atoms with E-state index in [0.717, 1.165) is 16.6 Å². The minimum absolute atomic E-state index is 0.0648. The van der Waals surface area contributed by atoms with Gasteiger partial charge in [0.15, 0.2) is 0 Å². The topological polar surface area (TPSA) is 117 Å². The molecule has 0 saturated carbocycles. The second kappa shape index (κ2) is 7.19. The molecule has 0 aliphatic rings. The van der Waals surface area contributed by atoms with Gasteiger partial charge in [-0.2, -0.15) is 4.98 Å². The Morgan fingerprint density at radius 1 is 1.10 bits per heavy atom. The largest absolute Gasteiger partial charge is 0.361 e. The molecular weight excluding hydrogens is 388 g/mol. The normalized spacial score (nSPS) is 11.6. The molecule has 2 aromatic carbocycles. The fourth-order valence-electron chi connectivity index (χ4n) is 3.09. The van der Waals surface area contributed by atoms with Crippen molar-refractivity contribution >= 4 is 44.1 Å². The van der Waals surface area contributed by atoms with Crippen molar-refractivity contribution in [1.29, 1.82) is 0 Å². The number of aryl methyl sites for hydroxylation is 1. The molecule has 0 amide bonds. The van der Waals surface area contributed by atoms with Crippen molar-refractivity contribution in [2.24, 2.45) is 5.14 Å². The van der Waals surface area contributed by atoms with Crippen molar-refractivity contribution in [2.45, 2.75) is 11.8 Å². The fraction of sp³-hybridized carbons (Fsp3) is 0.100. The number of rotatable bonds is 5. The Hall–Kier alpha value is -3.43. The number of fused-ring (bicyclic) bond motifs is 1. The Bertz CT molecular complexity index is 1300. The zero-order chi connectivity index (χ0) is 20.6. The molecule has 0 aliphatic heterocycles. The molecule has 0 radical (unpaired) electrons. The van der Waals surface area contributed by atoms with Crippen LogP contribution in [0.25, 0.3) is 10.9 Å². The van der Waals surface area contributed by atoms with Gasteiger partial charge < -0.3 is 15.2 Å². The molecule has 0 aliphatic carbocycles. The first-order chi connectivity index (χ1) is 13.8. The van der Waals surface area contributed by atoms with Crippen molar-refractivity contribution in [3.63, 3.8) is 0 Å².